The molecule has 1 rings (SSSR count). The molecule has 0 aliphatic carbocycles. The fourth-order valence-corrected chi connectivity index (χ4v) is 1.66. The summed E-state index contributed by atoms with van der Waals surface area (Å²) >= 11 is 0. The number of carbonyl (C=O) groups is 2. The summed E-state index contributed by atoms with van der Waals surface area (Å²) in [5.74, 6) is -3.05. The third kappa shape index (κ3) is 7.36. The summed E-state index contributed by atoms with van der Waals surface area (Å²) in [4.78, 5) is 21.6. The maximum Gasteiger partial charge on any atom is 0.329 e. The number of carboxylic acids is 1. The molecule has 0 saturated heterocycles. The van der Waals surface area contributed by atoms with Crippen molar-refractivity contribution in [3.05, 3.63) is 35.4 Å². The number of rotatable bonds is 9. The minimum atomic E-state index is -1.06. The number of hydrogen-bond acceptors (Lipinski definition) is 3. The molecule has 2 N–H and O–H groups in total. The molecule has 0 aliphatic heterocycles. The fourth-order valence-electron chi connectivity index (χ4n) is 1.66. The van der Waals surface area contributed by atoms with Crippen LogP contribution in [0.1, 0.15) is 18.4 Å². The minimum Gasteiger partial charge on any atom is -0.480 e. The molecule has 0 radical (unpaired) electrons. The molecule has 0 unspecified atom stereocenters. The third-order valence-corrected chi connectivity index (χ3v) is 2.65. The summed E-state index contributed by atoms with van der Waals surface area (Å²) in [6.07, 6.45) is 1.23. The van der Waals surface area contributed by atoms with Gasteiger partial charge in [0.05, 0.1) is 6.61 Å². The molecule has 1 amide bonds. The molecule has 0 heterocycles. The van der Waals surface area contributed by atoms with E-state index in [1.165, 1.54) is 6.07 Å². The standard InChI is InChI=1S/C14H17F2NO4/c15-11-5-4-10(8-12(11)16)2-1-3-13(18)17-6-7-21-9-14(19)20/h4-5,8H,1-3,6-7,9H2,(H,17,18)(H,19,20). The topological polar surface area (TPSA) is 75.6 Å². The number of hydrogen-bond donors (Lipinski definition) is 2. The normalized spacial score (nSPS) is 10.4. The van der Waals surface area contributed by atoms with Crippen molar-refractivity contribution in [1.82, 2.24) is 5.32 Å². The zero-order valence-electron chi connectivity index (χ0n) is 11.4. The Kier molecular flexibility index (Phi) is 7.31. The first-order valence-electron chi connectivity index (χ1n) is 6.49. The highest BCUT2D eigenvalue weighted by atomic mass is 19.2. The largest absolute Gasteiger partial charge is 0.480 e. The second-order valence-electron chi connectivity index (χ2n) is 4.40. The summed E-state index contributed by atoms with van der Waals surface area (Å²) in [5.41, 5.74) is 0.631. The Balaban J connectivity index is 2.13. The Labute approximate surface area is 120 Å². The van der Waals surface area contributed by atoms with Gasteiger partial charge in [-0.05, 0) is 30.5 Å². The highest BCUT2D eigenvalue weighted by molar-refractivity contribution is 5.75. The van der Waals surface area contributed by atoms with E-state index in [1.807, 2.05) is 0 Å². The average molecular weight is 301 g/mol. The van der Waals surface area contributed by atoms with Gasteiger partial charge in [-0.25, -0.2) is 13.6 Å². The number of aliphatic carboxylic acids is 1. The maximum absolute atomic E-state index is 13.0. The van der Waals surface area contributed by atoms with E-state index in [2.05, 4.69) is 5.32 Å². The first-order chi connectivity index (χ1) is 9.99. The quantitative estimate of drug-likeness (QED) is 0.678. The van der Waals surface area contributed by atoms with E-state index >= 15 is 0 Å². The molecular formula is C14H17F2NO4. The van der Waals surface area contributed by atoms with Crippen LogP contribution in [-0.2, 0) is 20.7 Å². The van der Waals surface area contributed by atoms with Gasteiger partial charge in [-0.2, -0.15) is 0 Å². The molecule has 0 bridgehead atoms. The average Bonchev–Trinajstić information content (AvgIpc) is 2.42. The number of carbonyl (C=O) groups excluding carboxylic acids is 1. The summed E-state index contributed by atoms with van der Waals surface area (Å²) < 4.78 is 30.4. The first kappa shape index (κ1) is 17.0. The van der Waals surface area contributed by atoms with Gasteiger partial charge in [0, 0.05) is 13.0 Å². The SMILES string of the molecule is O=C(O)COCCNC(=O)CCCc1ccc(F)c(F)c1. The lowest BCUT2D eigenvalue weighted by molar-refractivity contribution is -0.142. The van der Waals surface area contributed by atoms with Crippen LogP contribution in [0.5, 0.6) is 0 Å². The van der Waals surface area contributed by atoms with Crippen LogP contribution in [0.2, 0.25) is 0 Å². The molecule has 7 heteroatoms. The van der Waals surface area contributed by atoms with E-state index in [0.29, 0.717) is 18.4 Å². The number of halogens is 2. The van der Waals surface area contributed by atoms with Gasteiger partial charge in [0.2, 0.25) is 5.91 Å². The number of nitrogens with one attached hydrogen (secondary N) is 1. The molecule has 0 aliphatic rings. The van der Waals surface area contributed by atoms with Crippen molar-refractivity contribution in [2.45, 2.75) is 19.3 Å². The van der Waals surface area contributed by atoms with Crippen LogP contribution in [-0.4, -0.2) is 36.7 Å². The van der Waals surface area contributed by atoms with Gasteiger partial charge in [0.25, 0.3) is 0 Å². The van der Waals surface area contributed by atoms with Crippen LogP contribution in [0.3, 0.4) is 0 Å². The van der Waals surface area contributed by atoms with Gasteiger partial charge in [0.1, 0.15) is 6.61 Å². The van der Waals surface area contributed by atoms with Crippen LogP contribution in [0.4, 0.5) is 8.78 Å². The van der Waals surface area contributed by atoms with Crippen molar-refractivity contribution in [3.63, 3.8) is 0 Å². The summed E-state index contributed by atoms with van der Waals surface area (Å²) in [6.45, 7) is -0.0372. The number of amides is 1. The van der Waals surface area contributed by atoms with Gasteiger partial charge in [-0.15, -0.1) is 0 Å². The first-order valence-corrected chi connectivity index (χ1v) is 6.49. The van der Waals surface area contributed by atoms with Crippen molar-refractivity contribution in [1.29, 1.82) is 0 Å². The summed E-state index contributed by atoms with van der Waals surface area (Å²) in [6, 6.07) is 3.66. The van der Waals surface area contributed by atoms with Crippen LogP contribution >= 0.6 is 0 Å². The smallest absolute Gasteiger partial charge is 0.329 e. The van der Waals surface area contributed by atoms with Crippen LogP contribution in [0, 0.1) is 11.6 Å². The molecule has 0 aromatic heterocycles. The Bertz CT molecular complexity index is 494. The second-order valence-corrected chi connectivity index (χ2v) is 4.40. The lowest BCUT2D eigenvalue weighted by Gasteiger charge is -2.05. The van der Waals surface area contributed by atoms with Crippen molar-refractivity contribution in [3.8, 4) is 0 Å². The van der Waals surface area contributed by atoms with E-state index in [1.54, 1.807) is 0 Å². The van der Waals surface area contributed by atoms with Gasteiger partial charge in [0.15, 0.2) is 11.6 Å². The zero-order chi connectivity index (χ0) is 15.7. The zero-order valence-corrected chi connectivity index (χ0v) is 11.4. The Morgan fingerprint density at radius 1 is 1.24 bits per heavy atom. The van der Waals surface area contributed by atoms with Gasteiger partial charge in [-0.1, -0.05) is 6.07 Å². The molecule has 0 saturated carbocycles. The lowest BCUT2D eigenvalue weighted by Crippen LogP contribution is -2.27. The Hall–Kier alpha value is -2.02. The van der Waals surface area contributed by atoms with Gasteiger partial charge >= 0.3 is 5.97 Å². The summed E-state index contributed by atoms with van der Waals surface area (Å²) in [7, 11) is 0. The molecule has 116 valence electrons. The fraction of sp³-hybridized carbons (Fsp3) is 0.429. The molecule has 5 nitrogen and oxygen atoms in total. The number of ether oxygens (including phenoxy) is 1. The van der Waals surface area contributed by atoms with Crippen molar-refractivity contribution in [2.24, 2.45) is 0 Å². The van der Waals surface area contributed by atoms with Gasteiger partial charge < -0.3 is 15.2 Å². The van der Waals surface area contributed by atoms with E-state index in [-0.39, 0.29) is 25.5 Å². The van der Waals surface area contributed by atoms with E-state index in [0.717, 1.165) is 12.1 Å². The third-order valence-electron chi connectivity index (χ3n) is 2.65. The Morgan fingerprint density at radius 3 is 2.67 bits per heavy atom. The Morgan fingerprint density at radius 2 is 2.00 bits per heavy atom. The number of aryl methyl sites for hydroxylation is 1. The van der Waals surface area contributed by atoms with Crippen LogP contribution in [0.15, 0.2) is 18.2 Å². The van der Waals surface area contributed by atoms with Crippen molar-refractivity contribution >= 4 is 11.9 Å². The van der Waals surface area contributed by atoms with Crippen molar-refractivity contribution in [2.75, 3.05) is 19.8 Å². The highest BCUT2D eigenvalue weighted by Gasteiger charge is 2.05. The maximum atomic E-state index is 13.0. The molecule has 21 heavy (non-hydrogen) atoms. The highest BCUT2D eigenvalue weighted by Crippen LogP contribution is 2.11. The predicted octanol–water partition coefficient (Wildman–Crippen LogP) is 1.50. The monoisotopic (exact) mass is 301 g/mol. The van der Waals surface area contributed by atoms with Crippen LogP contribution in [0.25, 0.3) is 0 Å². The molecule has 0 spiro atoms. The predicted molar refractivity (Wildman–Crippen MR) is 70.8 cm³/mol. The number of benzene rings is 1. The molecule has 1 aromatic carbocycles. The number of carboxylic acid groups (broad SMARTS) is 1. The van der Waals surface area contributed by atoms with Gasteiger partial charge in [-0.3, -0.25) is 4.79 Å². The second kappa shape index (κ2) is 9.02. The molecular weight excluding hydrogens is 284 g/mol. The van der Waals surface area contributed by atoms with E-state index in [9.17, 15) is 18.4 Å². The van der Waals surface area contributed by atoms with E-state index in [4.69, 9.17) is 9.84 Å². The molecule has 1 aromatic rings. The molecule has 0 fully saturated rings. The minimum absolute atomic E-state index is 0.126. The van der Waals surface area contributed by atoms with E-state index < -0.39 is 24.2 Å². The summed E-state index contributed by atoms with van der Waals surface area (Å²) in [5, 5.41) is 10.9. The lowest BCUT2D eigenvalue weighted by atomic mass is 10.1. The van der Waals surface area contributed by atoms with Crippen molar-refractivity contribution < 1.29 is 28.2 Å². The van der Waals surface area contributed by atoms with Crippen LogP contribution < -0.4 is 5.32 Å². The molecule has 0 atom stereocenters.